The molecule has 0 N–H and O–H groups in total. The van der Waals surface area contributed by atoms with Gasteiger partial charge < -0.3 is 4.90 Å². The summed E-state index contributed by atoms with van der Waals surface area (Å²) in [5.41, 5.74) is 0.993. The van der Waals surface area contributed by atoms with Crippen molar-refractivity contribution in [2.24, 2.45) is 0 Å². The molecule has 116 valence electrons. The van der Waals surface area contributed by atoms with E-state index in [0.717, 1.165) is 30.1 Å². The molecule has 1 amide bonds. The second-order valence-corrected chi connectivity index (χ2v) is 6.25. The number of hydrogen-bond donors (Lipinski definition) is 0. The second-order valence-electron chi connectivity index (χ2n) is 5.31. The highest BCUT2D eigenvalue weighted by atomic mass is 32.2. The van der Waals surface area contributed by atoms with Crippen LogP contribution in [0.3, 0.4) is 0 Å². The lowest BCUT2D eigenvalue weighted by atomic mass is 10.2. The number of aromatic nitrogens is 5. The summed E-state index contributed by atoms with van der Waals surface area (Å²) < 4.78 is 1.83. The first-order valence-electron chi connectivity index (χ1n) is 7.28. The minimum absolute atomic E-state index is 0.0753. The van der Waals surface area contributed by atoms with E-state index < -0.39 is 0 Å². The summed E-state index contributed by atoms with van der Waals surface area (Å²) in [7, 11) is 1.82. The molecule has 1 aliphatic carbocycles. The van der Waals surface area contributed by atoms with Gasteiger partial charge in [0.05, 0.1) is 11.8 Å². The first kappa shape index (κ1) is 15.0. The molecule has 1 fully saturated rings. The molecule has 0 atom stereocenters. The number of likely N-dealkylation sites (N-methyl/N-ethyl adjacent to an activating group) is 1. The monoisotopic (exact) mass is 318 g/mol. The minimum atomic E-state index is 0.0753. The molecule has 8 heteroatoms. The van der Waals surface area contributed by atoms with Gasteiger partial charge in [0, 0.05) is 31.9 Å². The Balaban J connectivity index is 1.45. The summed E-state index contributed by atoms with van der Waals surface area (Å²) in [6.45, 7) is 0.657. The molecule has 0 radical (unpaired) electrons. The van der Waals surface area contributed by atoms with Gasteiger partial charge >= 0.3 is 0 Å². The average molecular weight is 318 g/mol. The van der Waals surface area contributed by atoms with E-state index in [1.165, 1.54) is 11.8 Å². The van der Waals surface area contributed by atoms with Crippen LogP contribution in [0, 0.1) is 0 Å². The Morgan fingerprint density at radius 2 is 2.32 bits per heavy atom. The molecule has 0 saturated heterocycles. The van der Waals surface area contributed by atoms with Crippen LogP contribution in [0.1, 0.15) is 24.6 Å². The van der Waals surface area contributed by atoms with Gasteiger partial charge in [0.25, 0.3) is 0 Å². The third-order valence-corrected chi connectivity index (χ3v) is 4.45. The van der Waals surface area contributed by atoms with E-state index >= 15 is 0 Å². The molecule has 0 aromatic carbocycles. The van der Waals surface area contributed by atoms with Crippen LogP contribution in [0.4, 0.5) is 0 Å². The molecular weight excluding hydrogens is 300 g/mol. The van der Waals surface area contributed by atoms with Crippen LogP contribution in [-0.2, 0) is 11.2 Å². The minimum Gasteiger partial charge on any atom is -0.345 e. The highest BCUT2D eigenvalue weighted by molar-refractivity contribution is 7.99. The van der Waals surface area contributed by atoms with Gasteiger partial charge in [-0.1, -0.05) is 17.8 Å². The zero-order valence-electron chi connectivity index (χ0n) is 12.4. The van der Waals surface area contributed by atoms with Crippen molar-refractivity contribution in [2.75, 3.05) is 19.3 Å². The third-order valence-electron chi connectivity index (χ3n) is 3.54. The van der Waals surface area contributed by atoms with E-state index in [0.29, 0.717) is 18.3 Å². The number of pyridine rings is 1. The summed E-state index contributed by atoms with van der Waals surface area (Å²) >= 11 is 1.40. The fourth-order valence-electron chi connectivity index (χ4n) is 2.02. The SMILES string of the molecule is CN(CCc1ccccn1)C(=O)CSc1nnnn1C1CC1. The lowest BCUT2D eigenvalue weighted by Gasteiger charge is -2.16. The molecule has 2 aromatic heterocycles. The van der Waals surface area contributed by atoms with Crippen molar-refractivity contribution in [3.05, 3.63) is 30.1 Å². The van der Waals surface area contributed by atoms with E-state index in [4.69, 9.17) is 0 Å². The normalized spacial score (nSPS) is 14.0. The Morgan fingerprint density at radius 3 is 3.05 bits per heavy atom. The standard InChI is InChI=1S/C14H18N6OS/c1-19(9-7-11-4-2-3-8-15-11)13(21)10-22-14-16-17-18-20(14)12-5-6-12/h2-4,8,12H,5-7,9-10H2,1H3. The number of amides is 1. The van der Waals surface area contributed by atoms with Gasteiger partial charge in [-0.05, 0) is 35.4 Å². The number of tetrazole rings is 1. The maximum absolute atomic E-state index is 12.2. The number of nitrogens with zero attached hydrogens (tertiary/aromatic N) is 6. The summed E-state index contributed by atoms with van der Waals surface area (Å²) in [5, 5.41) is 12.4. The quantitative estimate of drug-likeness (QED) is 0.714. The van der Waals surface area contributed by atoms with Crippen molar-refractivity contribution >= 4 is 17.7 Å². The summed E-state index contributed by atoms with van der Waals surface area (Å²) in [6, 6.07) is 6.24. The number of rotatable bonds is 7. The van der Waals surface area contributed by atoms with Crippen LogP contribution in [-0.4, -0.2) is 55.3 Å². The first-order chi connectivity index (χ1) is 10.7. The van der Waals surface area contributed by atoms with Crippen LogP contribution >= 0.6 is 11.8 Å². The Bertz CT molecular complexity index is 627. The second kappa shape index (κ2) is 6.87. The summed E-state index contributed by atoms with van der Waals surface area (Å²) in [4.78, 5) is 18.2. The summed E-state index contributed by atoms with van der Waals surface area (Å²) in [5.74, 6) is 0.428. The molecule has 2 heterocycles. The van der Waals surface area contributed by atoms with E-state index in [1.807, 2.05) is 29.9 Å². The molecule has 3 rings (SSSR count). The van der Waals surface area contributed by atoms with E-state index in [2.05, 4.69) is 20.5 Å². The van der Waals surface area contributed by atoms with Crippen molar-refractivity contribution < 1.29 is 4.79 Å². The predicted molar refractivity (Wildman–Crippen MR) is 82.4 cm³/mol. The Morgan fingerprint density at radius 1 is 1.45 bits per heavy atom. The molecule has 2 aromatic rings. The van der Waals surface area contributed by atoms with Crippen molar-refractivity contribution in [1.29, 1.82) is 0 Å². The fourth-order valence-corrected chi connectivity index (χ4v) is 2.90. The molecule has 0 bridgehead atoms. The number of hydrogen-bond acceptors (Lipinski definition) is 6. The molecule has 7 nitrogen and oxygen atoms in total. The molecule has 1 aliphatic rings. The maximum Gasteiger partial charge on any atom is 0.232 e. The van der Waals surface area contributed by atoms with E-state index in [1.54, 1.807) is 11.1 Å². The largest absolute Gasteiger partial charge is 0.345 e. The summed E-state index contributed by atoms with van der Waals surface area (Å²) in [6.07, 6.45) is 4.77. The first-order valence-corrected chi connectivity index (χ1v) is 8.27. The van der Waals surface area contributed by atoms with Gasteiger partial charge in [0.1, 0.15) is 0 Å². The van der Waals surface area contributed by atoms with Gasteiger partial charge in [-0.3, -0.25) is 9.78 Å². The van der Waals surface area contributed by atoms with E-state index in [-0.39, 0.29) is 5.91 Å². The zero-order chi connectivity index (χ0) is 15.4. The highest BCUT2D eigenvalue weighted by Gasteiger charge is 2.28. The van der Waals surface area contributed by atoms with Gasteiger partial charge in [-0.25, -0.2) is 4.68 Å². The number of carbonyl (C=O) groups excluding carboxylic acids is 1. The molecular formula is C14H18N6OS. The lowest BCUT2D eigenvalue weighted by Crippen LogP contribution is -2.30. The Kier molecular flexibility index (Phi) is 4.67. The average Bonchev–Trinajstić information content (AvgIpc) is 3.29. The lowest BCUT2D eigenvalue weighted by molar-refractivity contribution is -0.127. The molecule has 0 unspecified atom stereocenters. The number of carbonyl (C=O) groups is 1. The van der Waals surface area contributed by atoms with Crippen LogP contribution in [0.5, 0.6) is 0 Å². The molecule has 1 saturated carbocycles. The van der Waals surface area contributed by atoms with Crippen molar-refractivity contribution in [2.45, 2.75) is 30.5 Å². The third kappa shape index (κ3) is 3.82. The van der Waals surface area contributed by atoms with Gasteiger partial charge in [-0.15, -0.1) is 5.10 Å². The van der Waals surface area contributed by atoms with Crippen LogP contribution in [0.2, 0.25) is 0 Å². The van der Waals surface area contributed by atoms with Crippen LogP contribution in [0.25, 0.3) is 0 Å². The topological polar surface area (TPSA) is 76.8 Å². The smallest absolute Gasteiger partial charge is 0.232 e. The van der Waals surface area contributed by atoms with Crippen molar-refractivity contribution in [1.82, 2.24) is 30.1 Å². The Hall–Kier alpha value is -1.96. The fraction of sp³-hybridized carbons (Fsp3) is 0.500. The Labute approximate surface area is 133 Å². The zero-order valence-corrected chi connectivity index (χ0v) is 13.2. The molecule has 22 heavy (non-hydrogen) atoms. The predicted octanol–water partition coefficient (Wildman–Crippen LogP) is 1.20. The van der Waals surface area contributed by atoms with Gasteiger partial charge in [0.15, 0.2) is 0 Å². The molecule has 0 aliphatic heterocycles. The highest BCUT2D eigenvalue weighted by Crippen LogP contribution is 2.36. The molecule has 0 spiro atoms. The van der Waals surface area contributed by atoms with Crippen molar-refractivity contribution in [3.63, 3.8) is 0 Å². The van der Waals surface area contributed by atoms with Crippen molar-refractivity contribution in [3.8, 4) is 0 Å². The number of thioether (sulfide) groups is 1. The maximum atomic E-state index is 12.2. The van der Waals surface area contributed by atoms with E-state index in [9.17, 15) is 4.79 Å². The van der Waals surface area contributed by atoms with Crippen LogP contribution < -0.4 is 0 Å². The van der Waals surface area contributed by atoms with Gasteiger partial charge in [0.2, 0.25) is 11.1 Å². The van der Waals surface area contributed by atoms with Gasteiger partial charge in [-0.2, -0.15) is 0 Å². The van der Waals surface area contributed by atoms with Crippen LogP contribution in [0.15, 0.2) is 29.6 Å².